The summed E-state index contributed by atoms with van der Waals surface area (Å²) in [4.78, 5) is 9.60. The highest BCUT2D eigenvalue weighted by Gasteiger charge is 2.21. The smallest absolute Gasteiger partial charge is 0.162 e. The number of aromatic nitrogens is 2. The van der Waals surface area contributed by atoms with E-state index < -0.39 is 0 Å². The van der Waals surface area contributed by atoms with Gasteiger partial charge in [-0.1, -0.05) is 31.0 Å². The molecule has 1 N–H and O–H groups in total. The van der Waals surface area contributed by atoms with Crippen molar-refractivity contribution in [3.05, 3.63) is 41.1 Å². The van der Waals surface area contributed by atoms with Gasteiger partial charge in [0.25, 0.3) is 0 Å². The van der Waals surface area contributed by atoms with Gasteiger partial charge in [-0.05, 0) is 37.8 Å². The molecule has 21 heavy (non-hydrogen) atoms. The fourth-order valence-electron chi connectivity index (χ4n) is 3.30. The molecule has 0 radical (unpaired) electrons. The number of rotatable bonds is 3. The maximum atomic E-state index is 4.90. The van der Waals surface area contributed by atoms with Gasteiger partial charge in [-0.15, -0.1) is 0 Å². The first-order chi connectivity index (χ1) is 10.2. The molecule has 3 nitrogen and oxygen atoms in total. The van der Waals surface area contributed by atoms with Crippen LogP contribution in [0.2, 0.25) is 0 Å². The van der Waals surface area contributed by atoms with E-state index >= 15 is 0 Å². The molecule has 0 aliphatic heterocycles. The lowest BCUT2D eigenvalue weighted by atomic mass is 10.0. The van der Waals surface area contributed by atoms with Crippen LogP contribution in [0.5, 0.6) is 0 Å². The van der Waals surface area contributed by atoms with Gasteiger partial charge in [0, 0.05) is 30.3 Å². The number of hydrogen-bond acceptors (Lipinski definition) is 3. The molecule has 1 fully saturated rings. The fraction of sp³-hybridized carbons (Fsp3) is 0.444. The number of nitrogens with zero attached hydrogens (tertiary/aromatic N) is 2. The van der Waals surface area contributed by atoms with Crippen molar-refractivity contribution in [2.45, 2.75) is 45.4 Å². The summed E-state index contributed by atoms with van der Waals surface area (Å²) in [5.41, 5.74) is 4.85. The van der Waals surface area contributed by atoms with E-state index in [0.29, 0.717) is 5.92 Å². The second-order valence-electron chi connectivity index (χ2n) is 6.00. The SMILES string of the molecule is CNc1cc(C2CCCC2)nc(-c2c(C)cccc2C)n1. The third-order valence-electron chi connectivity index (χ3n) is 4.48. The summed E-state index contributed by atoms with van der Waals surface area (Å²) in [6, 6.07) is 8.47. The summed E-state index contributed by atoms with van der Waals surface area (Å²) in [6.07, 6.45) is 5.16. The molecule has 2 aromatic rings. The lowest BCUT2D eigenvalue weighted by Gasteiger charge is -2.14. The van der Waals surface area contributed by atoms with Gasteiger partial charge in [-0.2, -0.15) is 0 Å². The molecule has 0 amide bonds. The Hall–Kier alpha value is -1.90. The zero-order valence-corrected chi connectivity index (χ0v) is 13.1. The first-order valence-corrected chi connectivity index (χ1v) is 7.82. The monoisotopic (exact) mass is 281 g/mol. The summed E-state index contributed by atoms with van der Waals surface area (Å²) in [6.45, 7) is 4.26. The number of aryl methyl sites for hydroxylation is 2. The Labute approximate surface area is 126 Å². The Kier molecular flexibility index (Phi) is 3.91. The number of nitrogens with one attached hydrogen (secondary N) is 1. The van der Waals surface area contributed by atoms with Crippen molar-refractivity contribution in [3.8, 4) is 11.4 Å². The van der Waals surface area contributed by atoms with E-state index in [4.69, 9.17) is 9.97 Å². The lowest BCUT2D eigenvalue weighted by molar-refractivity contribution is 0.695. The second-order valence-corrected chi connectivity index (χ2v) is 6.00. The third-order valence-corrected chi connectivity index (χ3v) is 4.48. The first kappa shape index (κ1) is 14.1. The molecular weight excluding hydrogens is 258 g/mol. The Bertz CT molecular complexity index is 623. The van der Waals surface area contributed by atoms with Crippen LogP contribution in [0, 0.1) is 13.8 Å². The minimum Gasteiger partial charge on any atom is -0.373 e. The molecule has 1 aliphatic rings. The van der Waals surface area contributed by atoms with Crippen LogP contribution in [-0.4, -0.2) is 17.0 Å². The van der Waals surface area contributed by atoms with Crippen molar-refractivity contribution in [1.82, 2.24) is 9.97 Å². The van der Waals surface area contributed by atoms with Crippen molar-refractivity contribution in [2.75, 3.05) is 12.4 Å². The van der Waals surface area contributed by atoms with Crippen LogP contribution in [0.15, 0.2) is 24.3 Å². The van der Waals surface area contributed by atoms with E-state index in [-0.39, 0.29) is 0 Å². The zero-order valence-electron chi connectivity index (χ0n) is 13.1. The van der Waals surface area contributed by atoms with Crippen LogP contribution >= 0.6 is 0 Å². The van der Waals surface area contributed by atoms with Crippen LogP contribution in [0.25, 0.3) is 11.4 Å². The molecule has 1 aromatic carbocycles. The second kappa shape index (κ2) is 5.84. The van der Waals surface area contributed by atoms with Gasteiger partial charge in [0.05, 0.1) is 0 Å². The van der Waals surface area contributed by atoms with E-state index in [0.717, 1.165) is 11.6 Å². The lowest BCUT2D eigenvalue weighted by Crippen LogP contribution is -2.05. The van der Waals surface area contributed by atoms with Crippen molar-refractivity contribution in [1.29, 1.82) is 0 Å². The van der Waals surface area contributed by atoms with E-state index in [1.54, 1.807) is 0 Å². The normalized spacial score (nSPS) is 15.4. The predicted molar refractivity (Wildman–Crippen MR) is 87.7 cm³/mol. The maximum Gasteiger partial charge on any atom is 0.162 e. The highest BCUT2D eigenvalue weighted by molar-refractivity contribution is 5.65. The van der Waals surface area contributed by atoms with Crippen LogP contribution in [0.4, 0.5) is 5.82 Å². The highest BCUT2D eigenvalue weighted by atomic mass is 15.0. The summed E-state index contributed by atoms with van der Waals surface area (Å²) in [5, 5.41) is 3.19. The molecular formula is C18H23N3. The van der Waals surface area contributed by atoms with E-state index in [1.165, 1.54) is 48.1 Å². The van der Waals surface area contributed by atoms with Gasteiger partial charge in [0.15, 0.2) is 5.82 Å². The zero-order chi connectivity index (χ0) is 14.8. The summed E-state index contributed by atoms with van der Waals surface area (Å²) in [7, 11) is 1.93. The van der Waals surface area contributed by atoms with Crippen LogP contribution in [0.1, 0.15) is 48.4 Å². The third kappa shape index (κ3) is 2.78. The molecule has 0 bridgehead atoms. The average molecular weight is 281 g/mol. The minimum absolute atomic E-state index is 0.600. The standard InChI is InChI=1S/C18H23N3/c1-12-7-6-8-13(2)17(12)18-20-15(11-16(19-3)21-18)14-9-4-5-10-14/h6-8,11,14H,4-5,9-10H2,1-3H3,(H,19,20,21). The van der Waals surface area contributed by atoms with Crippen molar-refractivity contribution in [3.63, 3.8) is 0 Å². The summed E-state index contributed by atoms with van der Waals surface area (Å²) in [5.74, 6) is 2.38. The Morgan fingerprint density at radius 3 is 2.33 bits per heavy atom. The van der Waals surface area contributed by atoms with E-state index in [1.807, 2.05) is 7.05 Å². The summed E-state index contributed by atoms with van der Waals surface area (Å²) < 4.78 is 0. The average Bonchev–Trinajstić information content (AvgIpc) is 3.01. The molecule has 0 saturated heterocycles. The van der Waals surface area contributed by atoms with Gasteiger partial charge < -0.3 is 5.32 Å². The van der Waals surface area contributed by atoms with Crippen molar-refractivity contribution < 1.29 is 0 Å². The molecule has 3 heteroatoms. The number of anilines is 1. The number of benzene rings is 1. The van der Waals surface area contributed by atoms with E-state index in [9.17, 15) is 0 Å². The van der Waals surface area contributed by atoms with Gasteiger partial charge in [-0.25, -0.2) is 9.97 Å². The molecule has 1 saturated carbocycles. The quantitative estimate of drug-likeness (QED) is 0.902. The van der Waals surface area contributed by atoms with Gasteiger partial charge in [0.2, 0.25) is 0 Å². The largest absolute Gasteiger partial charge is 0.373 e. The molecule has 1 aliphatic carbocycles. The maximum absolute atomic E-state index is 4.90. The molecule has 110 valence electrons. The van der Waals surface area contributed by atoms with Crippen LogP contribution in [0.3, 0.4) is 0 Å². The van der Waals surface area contributed by atoms with Crippen LogP contribution in [-0.2, 0) is 0 Å². The first-order valence-electron chi connectivity index (χ1n) is 7.82. The fourth-order valence-corrected chi connectivity index (χ4v) is 3.30. The molecule has 1 aromatic heterocycles. The van der Waals surface area contributed by atoms with Gasteiger partial charge in [0.1, 0.15) is 5.82 Å². The molecule has 3 rings (SSSR count). The molecule has 0 spiro atoms. The summed E-state index contributed by atoms with van der Waals surface area (Å²) >= 11 is 0. The number of hydrogen-bond donors (Lipinski definition) is 1. The van der Waals surface area contributed by atoms with Gasteiger partial charge >= 0.3 is 0 Å². The molecule has 0 unspecified atom stereocenters. The highest BCUT2D eigenvalue weighted by Crippen LogP contribution is 2.35. The van der Waals surface area contributed by atoms with Gasteiger partial charge in [-0.3, -0.25) is 0 Å². The van der Waals surface area contributed by atoms with Crippen molar-refractivity contribution in [2.24, 2.45) is 0 Å². The minimum atomic E-state index is 0.600. The predicted octanol–water partition coefficient (Wildman–Crippen LogP) is 4.46. The Balaban J connectivity index is 2.11. The molecule has 0 atom stereocenters. The van der Waals surface area contributed by atoms with Crippen LogP contribution < -0.4 is 5.32 Å². The topological polar surface area (TPSA) is 37.8 Å². The van der Waals surface area contributed by atoms with Crippen molar-refractivity contribution >= 4 is 5.82 Å². The molecule has 1 heterocycles. The van der Waals surface area contributed by atoms with E-state index in [2.05, 4.69) is 43.4 Å². The Morgan fingerprint density at radius 1 is 1.05 bits per heavy atom. The Morgan fingerprint density at radius 2 is 1.71 bits per heavy atom.